The Labute approximate surface area is 169 Å². The third-order valence-corrected chi connectivity index (χ3v) is 4.84. The Morgan fingerprint density at radius 3 is 2.69 bits per heavy atom. The molecule has 2 aromatic heterocycles. The van der Waals surface area contributed by atoms with Crippen molar-refractivity contribution in [2.24, 2.45) is 0 Å². The number of amides is 2. The molecule has 1 unspecified atom stereocenters. The van der Waals surface area contributed by atoms with Crippen LogP contribution in [0.3, 0.4) is 0 Å². The lowest BCUT2D eigenvalue weighted by Gasteiger charge is -2.13. The van der Waals surface area contributed by atoms with Crippen molar-refractivity contribution in [3.05, 3.63) is 62.6 Å². The number of rotatable bonds is 6. The van der Waals surface area contributed by atoms with Crippen LogP contribution in [0.2, 0.25) is 0 Å². The van der Waals surface area contributed by atoms with E-state index in [1.807, 2.05) is 0 Å². The van der Waals surface area contributed by atoms with Crippen molar-refractivity contribution in [1.29, 1.82) is 0 Å². The molecular formula is C20H18N2O6S. The van der Waals surface area contributed by atoms with Crippen molar-refractivity contribution < 1.29 is 23.5 Å². The first-order valence-corrected chi connectivity index (χ1v) is 9.57. The van der Waals surface area contributed by atoms with E-state index in [0.29, 0.717) is 21.5 Å². The Kier molecular flexibility index (Phi) is 6.08. The fourth-order valence-electron chi connectivity index (χ4n) is 2.64. The van der Waals surface area contributed by atoms with Crippen LogP contribution in [0.4, 0.5) is 5.69 Å². The van der Waals surface area contributed by atoms with Crippen LogP contribution in [-0.4, -0.2) is 23.8 Å². The van der Waals surface area contributed by atoms with E-state index in [-0.39, 0.29) is 24.0 Å². The number of ether oxygens (including phenoxy) is 1. The van der Waals surface area contributed by atoms with Crippen molar-refractivity contribution in [1.82, 2.24) is 5.32 Å². The lowest BCUT2D eigenvalue weighted by molar-refractivity contribution is -0.146. The number of esters is 1. The van der Waals surface area contributed by atoms with Gasteiger partial charge in [0.15, 0.2) is 0 Å². The summed E-state index contributed by atoms with van der Waals surface area (Å²) in [5.41, 5.74) is 0.583. The van der Waals surface area contributed by atoms with Crippen LogP contribution in [0.15, 0.2) is 51.0 Å². The summed E-state index contributed by atoms with van der Waals surface area (Å²) < 4.78 is 10.4. The molecule has 29 heavy (non-hydrogen) atoms. The largest absolute Gasteiger partial charge is 0.459 e. The molecule has 1 aromatic carbocycles. The molecule has 0 bridgehead atoms. The number of carbonyl (C=O) groups is 3. The number of fused-ring (bicyclic) bond motifs is 1. The highest BCUT2D eigenvalue weighted by Crippen LogP contribution is 2.22. The van der Waals surface area contributed by atoms with Crippen LogP contribution in [-0.2, 0) is 20.9 Å². The van der Waals surface area contributed by atoms with Gasteiger partial charge in [0.05, 0.1) is 4.88 Å². The molecule has 150 valence electrons. The van der Waals surface area contributed by atoms with Crippen LogP contribution in [0, 0.1) is 0 Å². The summed E-state index contributed by atoms with van der Waals surface area (Å²) in [6.45, 7) is 2.72. The van der Waals surface area contributed by atoms with Crippen LogP contribution in [0.25, 0.3) is 11.0 Å². The van der Waals surface area contributed by atoms with Crippen LogP contribution in [0.1, 0.15) is 29.1 Å². The molecule has 8 nitrogen and oxygen atoms in total. The number of hydrogen-bond donors (Lipinski definition) is 2. The second kappa shape index (κ2) is 8.70. The maximum Gasteiger partial charge on any atom is 0.336 e. The summed E-state index contributed by atoms with van der Waals surface area (Å²) in [6, 6.07) is 8.61. The van der Waals surface area contributed by atoms with Gasteiger partial charge in [0.1, 0.15) is 18.2 Å². The van der Waals surface area contributed by atoms with Gasteiger partial charge in [-0.3, -0.25) is 9.59 Å². The van der Waals surface area contributed by atoms with Gasteiger partial charge in [-0.05, 0) is 30.5 Å². The molecule has 0 saturated carbocycles. The van der Waals surface area contributed by atoms with Gasteiger partial charge < -0.3 is 19.8 Å². The first-order valence-electron chi connectivity index (χ1n) is 8.69. The van der Waals surface area contributed by atoms with Gasteiger partial charge in [-0.25, -0.2) is 9.59 Å². The lowest BCUT2D eigenvalue weighted by Crippen LogP contribution is -2.39. The highest BCUT2D eigenvalue weighted by Gasteiger charge is 2.19. The number of thiophene rings is 1. The number of benzene rings is 1. The smallest absolute Gasteiger partial charge is 0.336 e. The van der Waals surface area contributed by atoms with E-state index in [1.54, 1.807) is 29.6 Å². The average Bonchev–Trinajstić information content (AvgIpc) is 3.19. The molecule has 1 atom stereocenters. The maximum atomic E-state index is 12.2. The normalized spacial score (nSPS) is 11.7. The van der Waals surface area contributed by atoms with Crippen LogP contribution in [0.5, 0.6) is 0 Å². The maximum absolute atomic E-state index is 12.2. The summed E-state index contributed by atoms with van der Waals surface area (Å²) in [4.78, 5) is 47.8. The number of anilines is 1. The van der Waals surface area contributed by atoms with E-state index in [1.165, 1.54) is 37.3 Å². The van der Waals surface area contributed by atoms with E-state index in [0.717, 1.165) is 0 Å². The zero-order valence-corrected chi connectivity index (χ0v) is 16.5. The van der Waals surface area contributed by atoms with Crippen LogP contribution < -0.4 is 16.3 Å². The van der Waals surface area contributed by atoms with Gasteiger partial charge >= 0.3 is 11.6 Å². The summed E-state index contributed by atoms with van der Waals surface area (Å²) >= 11 is 1.27. The Hall–Kier alpha value is -3.46. The molecule has 3 rings (SSSR count). The summed E-state index contributed by atoms with van der Waals surface area (Å²) in [6.07, 6.45) is 0. The molecule has 3 aromatic rings. The molecular weight excluding hydrogens is 396 g/mol. The van der Waals surface area contributed by atoms with Crippen molar-refractivity contribution in [3.63, 3.8) is 0 Å². The van der Waals surface area contributed by atoms with E-state index in [9.17, 15) is 19.2 Å². The quantitative estimate of drug-likeness (QED) is 0.473. The average molecular weight is 414 g/mol. The van der Waals surface area contributed by atoms with E-state index in [2.05, 4.69) is 10.6 Å². The lowest BCUT2D eigenvalue weighted by atomic mass is 10.1. The molecule has 0 radical (unpaired) electrons. The van der Waals surface area contributed by atoms with Gasteiger partial charge in [-0.2, -0.15) is 0 Å². The van der Waals surface area contributed by atoms with Crippen molar-refractivity contribution in [2.75, 3.05) is 5.32 Å². The van der Waals surface area contributed by atoms with Crippen LogP contribution >= 0.6 is 11.3 Å². The summed E-state index contributed by atoms with van der Waals surface area (Å²) in [7, 11) is 0. The Morgan fingerprint density at radius 2 is 2.00 bits per heavy atom. The highest BCUT2D eigenvalue weighted by molar-refractivity contribution is 7.12. The zero-order chi connectivity index (χ0) is 21.0. The highest BCUT2D eigenvalue weighted by atomic mass is 32.1. The Bertz CT molecular complexity index is 1120. The van der Waals surface area contributed by atoms with Gasteiger partial charge in [-0.1, -0.05) is 6.07 Å². The number of hydrogen-bond acceptors (Lipinski definition) is 7. The third-order valence-electron chi connectivity index (χ3n) is 3.97. The van der Waals surface area contributed by atoms with E-state index in [4.69, 9.17) is 9.15 Å². The summed E-state index contributed by atoms with van der Waals surface area (Å²) in [5, 5.41) is 7.51. The van der Waals surface area contributed by atoms with Crippen molar-refractivity contribution >= 4 is 45.8 Å². The molecule has 9 heteroatoms. The minimum Gasteiger partial charge on any atom is -0.459 e. The number of nitrogens with one attached hydrogen (secondary N) is 2. The fourth-order valence-corrected chi connectivity index (χ4v) is 3.27. The Morgan fingerprint density at radius 1 is 1.21 bits per heavy atom. The molecule has 0 spiro atoms. The van der Waals surface area contributed by atoms with Gasteiger partial charge in [-0.15, -0.1) is 11.3 Å². The molecule has 2 heterocycles. The summed E-state index contributed by atoms with van der Waals surface area (Å²) in [5.74, 6) is -1.25. The van der Waals surface area contributed by atoms with Crippen molar-refractivity contribution in [2.45, 2.75) is 26.5 Å². The molecule has 2 N–H and O–H groups in total. The second-order valence-corrected chi connectivity index (χ2v) is 7.21. The molecule has 0 saturated heterocycles. The first kappa shape index (κ1) is 20.3. The van der Waals surface area contributed by atoms with Gasteiger partial charge in [0, 0.05) is 35.7 Å². The molecule has 0 aliphatic rings. The third kappa shape index (κ3) is 5.08. The molecule has 0 fully saturated rings. The van der Waals surface area contributed by atoms with Gasteiger partial charge in [0.25, 0.3) is 5.91 Å². The standard InChI is InChI=1S/C20H18N2O6S/c1-11(21-19(25)17-4-3-7-29-17)20(26)27-10-13-8-18(24)28-16-9-14(22-12(2)23)5-6-15(13)16/h3-9,11H,10H2,1-2H3,(H,21,25)(H,22,23). The molecule has 0 aliphatic carbocycles. The minimum absolute atomic E-state index is 0.167. The fraction of sp³-hybridized carbons (Fsp3) is 0.200. The van der Waals surface area contributed by atoms with E-state index >= 15 is 0 Å². The first-order chi connectivity index (χ1) is 13.8. The monoisotopic (exact) mass is 414 g/mol. The number of carbonyl (C=O) groups excluding carboxylic acids is 3. The minimum atomic E-state index is -0.859. The predicted octanol–water partition coefficient (Wildman–Crippen LogP) is 2.67. The second-order valence-electron chi connectivity index (χ2n) is 6.26. The zero-order valence-electron chi connectivity index (χ0n) is 15.7. The topological polar surface area (TPSA) is 115 Å². The SMILES string of the molecule is CC(=O)Nc1ccc2c(COC(=O)C(C)NC(=O)c3cccs3)cc(=O)oc2c1. The van der Waals surface area contributed by atoms with E-state index < -0.39 is 17.6 Å². The Balaban J connectivity index is 1.70. The predicted molar refractivity (Wildman–Crippen MR) is 108 cm³/mol. The van der Waals surface area contributed by atoms with Gasteiger partial charge in [0.2, 0.25) is 5.91 Å². The van der Waals surface area contributed by atoms with Crippen molar-refractivity contribution in [3.8, 4) is 0 Å². The molecule has 0 aliphatic heterocycles. The molecule has 2 amide bonds.